The highest BCUT2D eigenvalue weighted by Gasteiger charge is 2.33. The topological polar surface area (TPSA) is 12.0 Å². The van der Waals surface area contributed by atoms with E-state index >= 15 is 0 Å². The van der Waals surface area contributed by atoms with E-state index in [1.165, 1.54) is 0 Å². The third-order valence-corrected chi connectivity index (χ3v) is 2.17. The summed E-state index contributed by atoms with van der Waals surface area (Å²) in [5.41, 5.74) is -1.72. The van der Waals surface area contributed by atoms with Gasteiger partial charge in [0.05, 0.1) is 11.6 Å². The molecule has 0 aliphatic carbocycles. The van der Waals surface area contributed by atoms with E-state index in [2.05, 4.69) is 5.32 Å². The van der Waals surface area contributed by atoms with Crippen molar-refractivity contribution in [3.05, 3.63) is 35.1 Å². The summed E-state index contributed by atoms with van der Waals surface area (Å²) >= 11 is 0. The standard InChI is InChI=1S/C10H9F6N/c1-17-8(9(12)13)5-2-6(10(14,15)16)4-7(11)3-5/h2-4,8-9,17H,1H3. The number of rotatable bonds is 3. The Kier molecular flexibility index (Phi) is 4.03. The van der Waals surface area contributed by atoms with Crippen LogP contribution in [0.1, 0.15) is 17.2 Å². The van der Waals surface area contributed by atoms with E-state index in [-0.39, 0.29) is 6.07 Å². The molecule has 7 heteroatoms. The van der Waals surface area contributed by atoms with Crippen molar-refractivity contribution in [1.82, 2.24) is 5.32 Å². The maximum Gasteiger partial charge on any atom is 0.416 e. The first-order chi connectivity index (χ1) is 7.75. The Morgan fingerprint density at radius 1 is 1.12 bits per heavy atom. The molecule has 0 aromatic heterocycles. The van der Waals surface area contributed by atoms with E-state index in [1.807, 2.05) is 0 Å². The van der Waals surface area contributed by atoms with Crippen LogP contribution >= 0.6 is 0 Å². The molecule has 17 heavy (non-hydrogen) atoms. The molecule has 0 saturated carbocycles. The average molecular weight is 257 g/mol. The molecule has 0 radical (unpaired) electrons. The number of alkyl halides is 5. The zero-order valence-electron chi connectivity index (χ0n) is 8.65. The predicted octanol–water partition coefficient (Wildman–Crippen LogP) is 3.37. The van der Waals surface area contributed by atoms with Gasteiger partial charge >= 0.3 is 6.18 Å². The lowest BCUT2D eigenvalue weighted by atomic mass is 10.0. The number of hydrogen-bond acceptors (Lipinski definition) is 1. The van der Waals surface area contributed by atoms with Crippen molar-refractivity contribution in [2.75, 3.05) is 7.05 Å². The van der Waals surface area contributed by atoms with Crippen LogP contribution in [0.3, 0.4) is 0 Å². The molecule has 0 fully saturated rings. The Labute approximate surface area is 93.4 Å². The Morgan fingerprint density at radius 3 is 2.12 bits per heavy atom. The van der Waals surface area contributed by atoms with E-state index in [9.17, 15) is 26.3 Å². The summed E-state index contributed by atoms with van der Waals surface area (Å²) < 4.78 is 74.9. The summed E-state index contributed by atoms with van der Waals surface area (Å²) in [6.45, 7) is 0. The van der Waals surface area contributed by atoms with Crippen molar-refractivity contribution in [1.29, 1.82) is 0 Å². The molecular weight excluding hydrogens is 248 g/mol. The van der Waals surface area contributed by atoms with Crippen molar-refractivity contribution in [3.8, 4) is 0 Å². The van der Waals surface area contributed by atoms with Gasteiger partial charge in [-0.15, -0.1) is 0 Å². The highest BCUT2D eigenvalue weighted by molar-refractivity contribution is 5.29. The fourth-order valence-electron chi connectivity index (χ4n) is 1.39. The maximum atomic E-state index is 12.9. The summed E-state index contributed by atoms with van der Waals surface area (Å²) in [5.74, 6) is -1.20. The van der Waals surface area contributed by atoms with Crippen molar-refractivity contribution in [3.63, 3.8) is 0 Å². The first-order valence-corrected chi connectivity index (χ1v) is 4.59. The Balaban J connectivity index is 3.21. The van der Waals surface area contributed by atoms with Crippen LogP contribution in [-0.4, -0.2) is 13.5 Å². The van der Waals surface area contributed by atoms with Gasteiger partial charge in [-0.3, -0.25) is 0 Å². The molecule has 0 aliphatic rings. The van der Waals surface area contributed by atoms with Gasteiger partial charge in [0.2, 0.25) is 0 Å². The fraction of sp³-hybridized carbons (Fsp3) is 0.400. The SMILES string of the molecule is CNC(c1cc(F)cc(C(F)(F)F)c1)C(F)F. The Morgan fingerprint density at radius 2 is 1.71 bits per heavy atom. The molecule has 1 N–H and O–H groups in total. The van der Waals surface area contributed by atoms with Crippen LogP contribution < -0.4 is 5.32 Å². The van der Waals surface area contributed by atoms with Gasteiger partial charge in [-0.05, 0) is 30.8 Å². The molecule has 1 nitrogen and oxygen atoms in total. The molecule has 0 aliphatic heterocycles. The molecule has 96 valence electrons. The lowest BCUT2D eigenvalue weighted by Crippen LogP contribution is -2.24. The van der Waals surface area contributed by atoms with Crippen LogP contribution in [-0.2, 0) is 6.18 Å². The van der Waals surface area contributed by atoms with Crippen LogP contribution in [0.4, 0.5) is 26.3 Å². The largest absolute Gasteiger partial charge is 0.416 e. The van der Waals surface area contributed by atoms with E-state index in [1.54, 1.807) is 0 Å². The molecule has 0 amide bonds. The molecule has 0 heterocycles. The predicted molar refractivity (Wildman–Crippen MR) is 49.2 cm³/mol. The molecule has 1 aromatic carbocycles. The van der Waals surface area contributed by atoms with Gasteiger partial charge in [0.15, 0.2) is 0 Å². The van der Waals surface area contributed by atoms with Crippen LogP contribution in [0.25, 0.3) is 0 Å². The number of hydrogen-bond donors (Lipinski definition) is 1. The summed E-state index contributed by atoms with van der Waals surface area (Å²) in [7, 11) is 1.16. The van der Waals surface area contributed by atoms with Gasteiger partial charge in [-0.1, -0.05) is 0 Å². The van der Waals surface area contributed by atoms with Crippen molar-refractivity contribution in [2.45, 2.75) is 18.6 Å². The summed E-state index contributed by atoms with van der Waals surface area (Å²) in [6, 6.07) is -0.201. The van der Waals surface area contributed by atoms with Crippen LogP contribution in [0.15, 0.2) is 18.2 Å². The van der Waals surface area contributed by atoms with E-state index < -0.39 is 35.6 Å². The van der Waals surface area contributed by atoms with Crippen LogP contribution in [0.5, 0.6) is 0 Å². The average Bonchev–Trinajstić information content (AvgIpc) is 2.15. The second-order valence-electron chi connectivity index (χ2n) is 3.37. The Hall–Kier alpha value is -1.24. The first-order valence-electron chi connectivity index (χ1n) is 4.59. The van der Waals surface area contributed by atoms with Crippen molar-refractivity contribution >= 4 is 0 Å². The van der Waals surface area contributed by atoms with E-state index in [0.717, 1.165) is 7.05 Å². The molecule has 1 atom stereocenters. The van der Waals surface area contributed by atoms with Gasteiger partial charge in [0.1, 0.15) is 5.82 Å². The summed E-state index contributed by atoms with van der Waals surface area (Å²) in [6.07, 6.45) is -7.69. The zero-order valence-corrected chi connectivity index (χ0v) is 8.65. The van der Waals surface area contributed by atoms with Gasteiger partial charge in [0, 0.05) is 0 Å². The quantitative estimate of drug-likeness (QED) is 0.818. The number of benzene rings is 1. The van der Waals surface area contributed by atoms with Crippen molar-refractivity contribution < 1.29 is 26.3 Å². The van der Waals surface area contributed by atoms with Crippen molar-refractivity contribution in [2.24, 2.45) is 0 Å². The maximum absolute atomic E-state index is 12.9. The Bertz CT molecular complexity index is 387. The first kappa shape index (κ1) is 13.8. The number of halogens is 6. The highest BCUT2D eigenvalue weighted by atomic mass is 19.4. The normalized spacial score (nSPS) is 14.1. The van der Waals surface area contributed by atoms with Gasteiger partial charge in [-0.25, -0.2) is 13.2 Å². The van der Waals surface area contributed by atoms with Gasteiger partial charge in [0.25, 0.3) is 6.43 Å². The molecular formula is C10H9F6N. The molecule has 0 bridgehead atoms. The van der Waals surface area contributed by atoms with Gasteiger partial charge < -0.3 is 5.32 Å². The fourth-order valence-corrected chi connectivity index (χ4v) is 1.39. The minimum absolute atomic E-state index is 0.266. The summed E-state index contributed by atoms with van der Waals surface area (Å²) in [5, 5.41) is 2.14. The third kappa shape index (κ3) is 3.36. The van der Waals surface area contributed by atoms with Crippen LogP contribution in [0.2, 0.25) is 0 Å². The molecule has 1 unspecified atom stereocenters. The molecule has 0 spiro atoms. The zero-order chi connectivity index (χ0) is 13.2. The van der Waals surface area contributed by atoms with E-state index in [0.29, 0.717) is 12.1 Å². The second kappa shape index (κ2) is 4.95. The molecule has 1 aromatic rings. The minimum Gasteiger partial charge on any atom is -0.308 e. The lowest BCUT2D eigenvalue weighted by Gasteiger charge is -2.17. The second-order valence-corrected chi connectivity index (χ2v) is 3.37. The summed E-state index contributed by atoms with van der Waals surface area (Å²) in [4.78, 5) is 0. The molecule has 0 saturated heterocycles. The smallest absolute Gasteiger partial charge is 0.308 e. The minimum atomic E-state index is -4.77. The monoisotopic (exact) mass is 257 g/mol. The third-order valence-electron chi connectivity index (χ3n) is 2.17. The number of nitrogens with one attached hydrogen (secondary N) is 1. The van der Waals surface area contributed by atoms with Gasteiger partial charge in [-0.2, -0.15) is 13.2 Å². The lowest BCUT2D eigenvalue weighted by molar-refractivity contribution is -0.137. The van der Waals surface area contributed by atoms with E-state index in [4.69, 9.17) is 0 Å². The van der Waals surface area contributed by atoms with Crippen LogP contribution in [0, 0.1) is 5.82 Å². The highest BCUT2D eigenvalue weighted by Crippen LogP contribution is 2.32. The molecule has 1 rings (SSSR count).